The smallest absolute Gasteiger partial charge is 0.227 e. The van der Waals surface area contributed by atoms with Gasteiger partial charge in [-0.15, -0.1) is 0 Å². The lowest BCUT2D eigenvalue weighted by atomic mass is 9.81. The highest BCUT2D eigenvalue weighted by atomic mass is 16.1. The second-order valence-corrected chi connectivity index (χ2v) is 9.83. The molecule has 0 radical (unpaired) electrons. The van der Waals surface area contributed by atoms with Gasteiger partial charge in [0.25, 0.3) is 0 Å². The summed E-state index contributed by atoms with van der Waals surface area (Å²) >= 11 is 0. The number of nitrogens with one attached hydrogen (secondary N) is 2. The molecule has 37 heavy (non-hydrogen) atoms. The monoisotopic (exact) mass is 494 g/mol. The van der Waals surface area contributed by atoms with E-state index in [1.165, 1.54) is 5.56 Å². The number of carbonyl (C=O) groups excluding carboxylic acids is 1. The van der Waals surface area contributed by atoms with Gasteiger partial charge in [0.2, 0.25) is 5.91 Å². The molecule has 2 aromatic carbocycles. The fraction of sp³-hybridized carbons (Fsp3) is 0.300. The Morgan fingerprint density at radius 3 is 2.41 bits per heavy atom. The summed E-state index contributed by atoms with van der Waals surface area (Å²) < 4.78 is 0. The Morgan fingerprint density at radius 1 is 0.973 bits per heavy atom. The third-order valence-electron chi connectivity index (χ3n) is 7.22. The van der Waals surface area contributed by atoms with Crippen molar-refractivity contribution in [1.82, 2.24) is 14.9 Å². The summed E-state index contributed by atoms with van der Waals surface area (Å²) in [7, 11) is 0. The fourth-order valence-electron chi connectivity index (χ4n) is 5.12. The summed E-state index contributed by atoms with van der Waals surface area (Å²) in [6.07, 6.45) is 7.29. The van der Waals surface area contributed by atoms with E-state index >= 15 is 0 Å². The Kier molecular flexibility index (Phi) is 7.79. The molecule has 1 amide bonds. The zero-order valence-corrected chi connectivity index (χ0v) is 21.0. The number of aromatic nitrogens is 2. The van der Waals surface area contributed by atoms with Gasteiger partial charge in [0.1, 0.15) is 5.65 Å². The molecule has 4 N–H and O–H groups in total. The van der Waals surface area contributed by atoms with Crippen LogP contribution in [0.25, 0.3) is 11.0 Å². The molecule has 0 spiro atoms. The van der Waals surface area contributed by atoms with Crippen molar-refractivity contribution < 1.29 is 4.79 Å². The van der Waals surface area contributed by atoms with Gasteiger partial charge in [0.15, 0.2) is 5.96 Å². The molecule has 0 saturated heterocycles. The lowest BCUT2D eigenvalue weighted by molar-refractivity contribution is -0.121. The Bertz CT molecular complexity index is 1330. The van der Waals surface area contributed by atoms with Gasteiger partial charge in [-0.05, 0) is 54.9 Å². The van der Waals surface area contributed by atoms with E-state index in [9.17, 15) is 4.79 Å². The van der Waals surface area contributed by atoms with Crippen LogP contribution in [0.1, 0.15) is 36.8 Å². The molecule has 0 atom stereocenters. The van der Waals surface area contributed by atoms with Crippen molar-refractivity contribution in [2.75, 3.05) is 11.9 Å². The molecule has 1 aliphatic rings. The second kappa shape index (κ2) is 11.7. The van der Waals surface area contributed by atoms with E-state index in [0.29, 0.717) is 18.4 Å². The van der Waals surface area contributed by atoms with Crippen molar-refractivity contribution in [3.8, 4) is 0 Å². The molecule has 2 aromatic heterocycles. The van der Waals surface area contributed by atoms with Crippen LogP contribution in [0.15, 0.2) is 90.2 Å². The number of amides is 1. The highest BCUT2D eigenvalue weighted by Gasteiger charge is 2.28. The highest BCUT2D eigenvalue weighted by Crippen LogP contribution is 2.31. The number of aliphatic imine (C=N–C) groups is 1. The van der Waals surface area contributed by atoms with Crippen molar-refractivity contribution >= 4 is 28.6 Å². The van der Waals surface area contributed by atoms with Gasteiger partial charge in [-0.2, -0.15) is 0 Å². The number of pyridine rings is 1. The highest BCUT2D eigenvalue weighted by molar-refractivity contribution is 6.00. The number of fused-ring (bicyclic) bond motifs is 1. The molecule has 7 heteroatoms. The molecule has 4 aromatic rings. The maximum Gasteiger partial charge on any atom is 0.227 e. The third-order valence-corrected chi connectivity index (χ3v) is 7.22. The molecular weight excluding hydrogens is 460 g/mol. The van der Waals surface area contributed by atoms with Crippen molar-refractivity contribution in [3.63, 3.8) is 0 Å². The first kappa shape index (κ1) is 24.6. The number of hydrogen-bond acceptors (Lipinski definition) is 3. The van der Waals surface area contributed by atoms with Crippen molar-refractivity contribution in [1.29, 1.82) is 0 Å². The topological polar surface area (TPSA) is 99.4 Å². The van der Waals surface area contributed by atoms with Crippen LogP contribution < -0.4 is 11.1 Å². The average molecular weight is 495 g/mol. The zero-order valence-electron chi connectivity index (χ0n) is 21.0. The lowest BCUT2D eigenvalue weighted by Gasteiger charge is -2.33. The summed E-state index contributed by atoms with van der Waals surface area (Å²) in [5.74, 6) is 1.15. The van der Waals surface area contributed by atoms with Gasteiger partial charge in [-0.1, -0.05) is 60.7 Å². The molecule has 1 aliphatic carbocycles. The van der Waals surface area contributed by atoms with Crippen LogP contribution in [0.4, 0.5) is 5.69 Å². The molecule has 0 bridgehead atoms. The number of H-pyrrole nitrogens is 1. The number of nitrogens with zero attached hydrogens (tertiary/aromatic N) is 3. The van der Waals surface area contributed by atoms with Crippen LogP contribution in [-0.2, 0) is 17.9 Å². The molecule has 0 unspecified atom stereocenters. The maximum absolute atomic E-state index is 13.0. The first-order chi connectivity index (χ1) is 18.2. The minimum absolute atomic E-state index is 0.0186. The predicted octanol–water partition coefficient (Wildman–Crippen LogP) is 5.32. The maximum atomic E-state index is 13.0. The summed E-state index contributed by atoms with van der Waals surface area (Å²) in [6, 6.07) is 24.4. The minimum Gasteiger partial charge on any atom is -0.370 e. The van der Waals surface area contributed by atoms with Gasteiger partial charge in [0.05, 0.1) is 12.2 Å². The van der Waals surface area contributed by atoms with Crippen LogP contribution in [0.5, 0.6) is 0 Å². The van der Waals surface area contributed by atoms with E-state index in [-0.39, 0.29) is 11.8 Å². The minimum atomic E-state index is 0.0186. The van der Waals surface area contributed by atoms with Crippen LogP contribution in [-0.4, -0.2) is 33.3 Å². The van der Waals surface area contributed by atoms with E-state index in [1.54, 1.807) is 6.20 Å². The molecule has 7 nitrogen and oxygen atoms in total. The van der Waals surface area contributed by atoms with Crippen LogP contribution in [0, 0.1) is 11.8 Å². The van der Waals surface area contributed by atoms with Crippen LogP contribution in [0.3, 0.4) is 0 Å². The number of rotatable bonds is 8. The van der Waals surface area contributed by atoms with Gasteiger partial charge in [-0.25, -0.2) is 9.98 Å². The number of nitrogens with two attached hydrogens (primary N) is 1. The van der Waals surface area contributed by atoms with E-state index in [4.69, 9.17) is 10.7 Å². The molecule has 190 valence electrons. The van der Waals surface area contributed by atoms with Crippen molar-refractivity contribution in [2.24, 2.45) is 22.6 Å². The second-order valence-electron chi connectivity index (χ2n) is 9.83. The summed E-state index contributed by atoms with van der Waals surface area (Å²) in [5, 5.41) is 4.07. The van der Waals surface area contributed by atoms with Crippen LogP contribution in [0.2, 0.25) is 0 Å². The average Bonchev–Trinajstić information content (AvgIpc) is 3.43. The number of benzene rings is 2. The molecule has 1 fully saturated rings. The normalized spacial score (nSPS) is 18.0. The molecule has 0 aliphatic heterocycles. The first-order valence-corrected chi connectivity index (χ1v) is 13.0. The molecule has 5 rings (SSSR count). The molecular formula is C30H34N6O. The Hall–Kier alpha value is -4.13. The SMILES string of the molecule is N/C(=N\Cc1ccccc1)N(Cc1ccccc1)C[C@H]1CC[C@H](C(=O)Nc2ccnc3[nH]ccc23)CC1. The quantitative estimate of drug-likeness (QED) is 0.228. The number of aromatic amines is 1. The van der Waals surface area contributed by atoms with Crippen LogP contribution >= 0.6 is 0 Å². The zero-order chi connectivity index (χ0) is 25.5. The van der Waals surface area contributed by atoms with Gasteiger partial charge in [-0.3, -0.25) is 4.79 Å². The number of anilines is 1. The lowest BCUT2D eigenvalue weighted by Crippen LogP contribution is -2.41. The number of hydrogen-bond donors (Lipinski definition) is 3. The van der Waals surface area contributed by atoms with E-state index in [1.807, 2.05) is 42.6 Å². The standard InChI is InChI=1S/C30H34N6O/c31-30(34-19-22-7-3-1-4-8-22)36(20-23-9-5-2-6-10-23)21-24-11-13-25(14-12-24)29(37)35-27-16-18-33-28-26(27)15-17-32-28/h1-10,15-18,24-25H,11-14,19-21H2,(H2,31,34)(H2,32,33,35,37)/t24-,25-. The summed E-state index contributed by atoms with van der Waals surface area (Å²) in [4.78, 5) is 27.3. The van der Waals surface area contributed by atoms with Crippen molar-refractivity contribution in [3.05, 3.63) is 96.3 Å². The van der Waals surface area contributed by atoms with Gasteiger partial charge >= 0.3 is 0 Å². The Balaban J connectivity index is 1.20. The Labute approximate surface area is 217 Å². The van der Waals surface area contributed by atoms with Gasteiger partial charge in [0, 0.05) is 36.8 Å². The largest absolute Gasteiger partial charge is 0.370 e. The predicted molar refractivity (Wildman–Crippen MR) is 149 cm³/mol. The third kappa shape index (κ3) is 6.36. The number of guanidine groups is 1. The van der Waals surface area contributed by atoms with Crippen molar-refractivity contribution in [2.45, 2.75) is 38.8 Å². The fourth-order valence-corrected chi connectivity index (χ4v) is 5.12. The molecule has 2 heterocycles. The van der Waals surface area contributed by atoms with Gasteiger partial charge < -0.3 is 20.9 Å². The first-order valence-electron chi connectivity index (χ1n) is 13.0. The Morgan fingerprint density at radius 2 is 1.68 bits per heavy atom. The summed E-state index contributed by atoms with van der Waals surface area (Å²) in [6.45, 7) is 2.12. The number of carbonyl (C=O) groups is 1. The molecule has 1 saturated carbocycles. The van der Waals surface area contributed by atoms with E-state index < -0.39 is 0 Å². The van der Waals surface area contributed by atoms with E-state index in [0.717, 1.165) is 61.1 Å². The van der Waals surface area contributed by atoms with E-state index in [2.05, 4.69) is 56.6 Å². The summed E-state index contributed by atoms with van der Waals surface area (Å²) in [5.41, 5.74) is 10.5.